The van der Waals surface area contributed by atoms with E-state index in [0.717, 1.165) is 17.7 Å². The fourth-order valence-electron chi connectivity index (χ4n) is 2.91. The van der Waals surface area contributed by atoms with Crippen LogP contribution in [0, 0.1) is 17.2 Å². The van der Waals surface area contributed by atoms with Crippen LogP contribution in [-0.4, -0.2) is 17.1 Å². The number of anilines is 1. The standard InChI is InChI=1S/C14H12N2O2/c15-7-8-4-5-12-11(6-8)9-2-1-3-10(9)13(16-12)14(17)18/h1-2,4-6,9-10,13,16H,3H2,(H,17,18)/t9-,10-,13+/m0/s1. The summed E-state index contributed by atoms with van der Waals surface area (Å²) in [6.07, 6.45) is 4.85. The number of hydrogen-bond donors (Lipinski definition) is 2. The Labute approximate surface area is 105 Å². The first kappa shape index (κ1) is 10.8. The second-order valence-electron chi connectivity index (χ2n) is 4.73. The maximum atomic E-state index is 11.3. The Morgan fingerprint density at radius 3 is 3.06 bits per heavy atom. The third-order valence-electron chi connectivity index (χ3n) is 3.76. The molecule has 0 bridgehead atoms. The van der Waals surface area contributed by atoms with Crippen molar-refractivity contribution in [3.8, 4) is 6.07 Å². The van der Waals surface area contributed by atoms with Crippen LogP contribution in [0.15, 0.2) is 30.4 Å². The normalized spacial score (nSPS) is 27.8. The van der Waals surface area contributed by atoms with Gasteiger partial charge in [-0.25, -0.2) is 4.79 Å². The maximum Gasteiger partial charge on any atom is 0.326 e. The van der Waals surface area contributed by atoms with Gasteiger partial charge in [-0.2, -0.15) is 5.26 Å². The number of nitriles is 1. The molecule has 0 aromatic heterocycles. The minimum absolute atomic E-state index is 0.0453. The summed E-state index contributed by atoms with van der Waals surface area (Å²) in [7, 11) is 0. The number of carboxylic acid groups (broad SMARTS) is 1. The number of hydrogen-bond acceptors (Lipinski definition) is 3. The fourth-order valence-corrected chi connectivity index (χ4v) is 2.91. The van der Waals surface area contributed by atoms with Crippen molar-refractivity contribution in [3.63, 3.8) is 0 Å². The monoisotopic (exact) mass is 240 g/mol. The third-order valence-corrected chi connectivity index (χ3v) is 3.76. The summed E-state index contributed by atoms with van der Waals surface area (Å²) >= 11 is 0. The summed E-state index contributed by atoms with van der Waals surface area (Å²) < 4.78 is 0. The molecule has 1 aromatic carbocycles. The maximum absolute atomic E-state index is 11.3. The number of aliphatic carboxylic acids is 1. The molecule has 0 unspecified atom stereocenters. The van der Waals surface area contributed by atoms with Crippen molar-refractivity contribution in [1.29, 1.82) is 5.26 Å². The Balaban J connectivity index is 2.09. The molecule has 2 N–H and O–H groups in total. The van der Waals surface area contributed by atoms with E-state index in [1.807, 2.05) is 12.1 Å². The van der Waals surface area contributed by atoms with E-state index in [4.69, 9.17) is 5.26 Å². The summed E-state index contributed by atoms with van der Waals surface area (Å²) in [5.74, 6) is -0.664. The Morgan fingerprint density at radius 1 is 1.50 bits per heavy atom. The summed E-state index contributed by atoms with van der Waals surface area (Å²) in [4.78, 5) is 11.3. The van der Waals surface area contributed by atoms with Gasteiger partial charge in [0.05, 0.1) is 11.6 Å². The van der Waals surface area contributed by atoms with Crippen LogP contribution in [0.3, 0.4) is 0 Å². The summed E-state index contributed by atoms with van der Waals surface area (Å²) in [6, 6.07) is 6.94. The van der Waals surface area contributed by atoms with E-state index in [1.165, 1.54) is 0 Å². The zero-order valence-corrected chi connectivity index (χ0v) is 9.63. The predicted octanol–water partition coefficient (Wildman–Crippen LogP) is 2.10. The molecule has 4 nitrogen and oxygen atoms in total. The molecule has 18 heavy (non-hydrogen) atoms. The van der Waals surface area contributed by atoms with Crippen LogP contribution in [0.5, 0.6) is 0 Å². The molecule has 3 rings (SSSR count). The first-order valence-electron chi connectivity index (χ1n) is 5.91. The second kappa shape index (κ2) is 3.88. The summed E-state index contributed by atoms with van der Waals surface area (Å²) in [5.41, 5.74) is 2.47. The lowest BCUT2D eigenvalue weighted by atomic mass is 9.79. The molecule has 0 radical (unpaired) electrons. The number of nitrogens with zero attached hydrogens (tertiary/aromatic N) is 1. The van der Waals surface area contributed by atoms with Crippen molar-refractivity contribution in [3.05, 3.63) is 41.5 Å². The van der Waals surface area contributed by atoms with E-state index < -0.39 is 12.0 Å². The van der Waals surface area contributed by atoms with Gasteiger partial charge < -0.3 is 10.4 Å². The number of benzene rings is 1. The van der Waals surface area contributed by atoms with Crippen LogP contribution in [0.1, 0.15) is 23.5 Å². The molecule has 1 aliphatic carbocycles. The highest BCUT2D eigenvalue weighted by Gasteiger charge is 2.40. The average molecular weight is 240 g/mol. The molecule has 90 valence electrons. The number of allylic oxidation sites excluding steroid dienone is 2. The van der Waals surface area contributed by atoms with Crippen LogP contribution >= 0.6 is 0 Å². The highest BCUT2D eigenvalue weighted by Crippen LogP contribution is 2.44. The van der Waals surface area contributed by atoms with Crippen molar-refractivity contribution in [1.82, 2.24) is 0 Å². The van der Waals surface area contributed by atoms with Crippen molar-refractivity contribution in [2.75, 3.05) is 5.32 Å². The Kier molecular flexibility index (Phi) is 2.34. The van der Waals surface area contributed by atoms with Crippen LogP contribution < -0.4 is 5.32 Å². The molecular formula is C14H12N2O2. The number of carboxylic acids is 1. The first-order chi connectivity index (χ1) is 8.70. The van der Waals surface area contributed by atoms with Crippen molar-refractivity contribution in [2.45, 2.75) is 18.4 Å². The van der Waals surface area contributed by atoms with Gasteiger partial charge in [-0.15, -0.1) is 0 Å². The Bertz CT molecular complexity index is 586. The Morgan fingerprint density at radius 2 is 2.33 bits per heavy atom. The fraction of sp³-hybridized carbons (Fsp3) is 0.286. The number of fused-ring (bicyclic) bond motifs is 3. The summed E-state index contributed by atoms with van der Waals surface area (Å²) in [5, 5.41) is 21.3. The lowest BCUT2D eigenvalue weighted by molar-refractivity contribution is -0.139. The molecule has 0 fully saturated rings. The smallest absolute Gasteiger partial charge is 0.326 e. The highest BCUT2D eigenvalue weighted by atomic mass is 16.4. The van der Waals surface area contributed by atoms with Gasteiger partial charge in [-0.1, -0.05) is 12.2 Å². The molecule has 2 aliphatic rings. The lowest BCUT2D eigenvalue weighted by Crippen LogP contribution is -2.41. The molecule has 0 saturated heterocycles. The highest BCUT2D eigenvalue weighted by molar-refractivity contribution is 5.80. The van der Waals surface area contributed by atoms with Gasteiger partial charge in [0.1, 0.15) is 6.04 Å². The molecule has 0 spiro atoms. The number of nitrogens with one attached hydrogen (secondary N) is 1. The van der Waals surface area contributed by atoms with E-state index in [1.54, 1.807) is 12.1 Å². The van der Waals surface area contributed by atoms with Gasteiger partial charge in [-0.3, -0.25) is 0 Å². The van der Waals surface area contributed by atoms with Gasteiger partial charge >= 0.3 is 5.97 Å². The van der Waals surface area contributed by atoms with Crippen LogP contribution in [0.25, 0.3) is 0 Å². The summed E-state index contributed by atoms with van der Waals surface area (Å²) in [6.45, 7) is 0. The first-order valence-corrected chi connectivity index (χ1v) is 5.91. The minimum atomic E-state index is -0.816. The van der Waals surface area contributed by atoms with Crippen LogP contribution in [0.4, 0.5) is 5.69 Å². The Hall–Kier alpha value is -2.28. The minimum Gasteiger partial charge on any atom is -0.480 e. The van der Waals surface area contributed by atoms with E-state index in [0.29, 0.717) is 5.56 Å². The van der Waals surface area contributed by atoms with Gasteiger partial charge in [-0.05, 0) is 30.2 Å². The largest absolute Gasteiger partial charge is 0.480 e. The molecule has 1 aliphatic heterocycles. The third kappa shape index (κ3) is 1.48. The van der Waals surface area contributed by atoms with E-state index in [-0.39, 0.29) is 11.8 Å². The number of carbonyl (C=O) groups is 1. The van der Waals surface area contributed by atoms with Crippen molar-refractivity contribution < 1.29 is 9.90 Å². The van der Waals surface area contributed by atoms with Crippen LogP contribution in [-0.2, 0) is 4.79 Å². The van der Waals surface area contributed by atoms with Crippen LogP contribution in [0.2, 0.25) is 0 Å². The predicted molar refractivity (Wildman–Crippen MR) is 66.2 cm³/mol. The molecule has 0 amide bonds. The van der Waals surface area contributed by atoms with Crippen molar-refractivity contribution >= 4 is 11.7 Å². The van der Waals surface area contributed by atoms with Gasteiger partial charge in [0.2, 0.25) is 0 Å². The molecule has 0 saturated carbocycles. The molecule has 1 heterocycles. The molecule has 1 aromatic rings. The zero-order chi connectivity index (χ0) is 12.7. The molecular weight excluding hydrogens is 228 g/mol. The molecule has 3 atom stereocenters. The average Bonchev–Trinajstić information content (AvgIpc) is 2.86. The number of rotatable bonds is 1. The quantitative estimate of drug-likeness (QED) is 0.737. The topological polar surface area (TPSA) is 73.1 Å². The lowest BCUT2D eigenvalue weighted by Gasteiger charge is -2.34. The van der Waals surface area contributed by atoms with E-state index in [9.17, 15) is 9.90 Å². The van der Waals surface area contributed by atoms with Crippen molar-refractivity contribution in [2.24, 2.45) is 5.92 Å². The molecule has 4 heteroatoms. The van der Waals surface area contributed by atoms with Gasteiger partial charge in [0.25, 0.3) is 0 Å². The van der Waals surface area contributed by atoms with Gasteiger partial charge in [0.15, 0.2) is 0 Å². The second-order valence-corrected chi connectivity index (χ2v) is 4.73. The van der Waals surface area contributed by atoms with E-state index in [2.05, 4.69) is 17.5 Å². The van der Waals surface area contributed by atoms with E-state index >= 15 is 0 Å². The SMILES string of the molecule is N#Cc1ccc2c(c1)[C@H]1C=CC[C@@H]1[C@H](C(=O)O)N2. The zero-order valence-electron chi connectivity index (χ0n) is 9.63. The van der Waals surface area contributed by atoms with Gasteiger partial charge in [0, 0.05) is 17.5 Å².